The van der Waals surface area contributed by atoms with Crippen molar-refractivity contribution in [3.63, 3.8) is 0 Å². The van der Waals surface area contributed by atoms with Crippen molar-refractivity contribution in [2.45, 2.75) is 18.9 Å². The summed E-state index contributed by atoms with van der Waals surface area (Å²) >= 11 is 1.33. The number of ether oxygens (including phenoxy) is 1. The number of benzene rings is 1. The van der Waals surface area contributed by atoms with E-state index >= 15 is 0 Å². The summed E-state index contributed by atoms with van der Waals surface area (Å²) in [5, 5.41) is 13.4. The Bertz CT molecular complexity index is 808. The quantitative estimate of drug-likeness (QED) is 0.736. The molecule has 0 aliphatic carbocycles. The largest absolute Gasteiger partial charge is 0.398 e. The average Bonchev–Trinajstić information content (AvgIpc) is 3.15. The highest BCUT2D eigenvalue weighted by Crippen LogP contribution is 2.33. The topological polar surface area (TPSA) is 78.3 Å². The van der Waals surface area contributed by atoms with Gasteiger partial charge in [0, 0.05) is 17.9 Å². The Morgan fingerprint density at radius 2 is 2.29 bits per heavy atom. The lowest BCUT2D eigenvalue weighted by Gasteiger charge is -2.04. The lowest BCUT2D eigenvalue weighted by molar-refractivity contribution is 0.103. The summed E-state index contributed by atoms with van der Waals surface area (Å²) in [7, 11) is 0. The fourth-order valence-corrected chi connectivity index (χ4v) is 3.32. The molecule has 1 aliphatic rings. The van der Waals surface area contributed by atoms with Gasteiger partial charge in [-0.15, -0.1) is 10.2 Å². The fraction of sp³-hybridized carbons (Fsp3) is 0.308. The molecule has 1 aromatic carbocycles. The zero-order valence-corrected chi connectivity index (χ0v) is 11.8. The maximum Gasteiger partial charge on any atom is 0.235 e. The molecule has 108 valence electrons. The molecular weight excluding hydrogens is 293 g/mol. The second-order valence-corrected chi connectivity index (χ2v) is 5.85. The Hall–Kier alpha value is -2.06. The first kappa shape index (κ1) is 12.7. The number of fused-ring (bicyclic) bond motifs is 1. The smallest absolute Gasteiger partial charge is 0.235 e. The molecule has 3 aromatic rings. The van der Waals surface area contributed by atoms with Gasteiger partial charge in [0.05, 0.1) is 0 Å². The number of rotatable bonds is 2. The van der Waals surface area contributed by atoms with Crippen LogP contribution >= 0.6 is 11.3 Å². The number of nitrogen functional groups attached to an aromatic ring is 1. The van der Waals surface area contributed by atoms with Gasteiger partial charge in [0.25, 0.3) is 0 Å². The molecule has 0 saturated carbocycles. The van der Waals surface area contributed by atoms with Gasteiger partial charge in [0.15, 0.2) is 5.82 Å². The predicted molar refractivity (Wildman–Crippen MR) is 76.4 cm³/mol. The molecule has 1 unspecified atom stereocenters. The molecule has 2 N–H and O–H groups in total. The molecule has 4 rings (SSSR count). The zero-order valence-electron chi connectivity index (χ0n) is 11.0. The van der Waals surface area contributed by atoms with Crippen LogP contribution in [0.15, 0.2) is 18.2 Å². The molecule has 1 aliphatic heterocycles. The molecule has 1 saturated heterocycles. The van der Waals surface area contributed by atoms with Crippen LogP contribution in [0.25, 0.3) is 15.5 Å². The van der Waals surface area contributed by atoms with Crippen LogP contribution in [0.4, 0.5) is 10.1 Å². The summed E-state index contributed by atoms with van der Waals surface area (Å²) in [4.78, 5) is 0.652. The van der Waals surface area contributed by atoms with Crippen molar-refractivity contribution in [3.8, 4) is 10.6 Å². The molecule has 1 fully saturated rings. The van der Waals surface area contributed by atoms with Crippen LogP contribution in [-0.4, -0.2) is 26.4 Å². The van der Waals surface area contributed by atoms with Gasteiger partial charge in [-0.3, -0.25) is 0 Å². The summed E-state index contributed by atoms with van der Waals surface area (Å²) in [6, 6.07) is 4.25. The van der Waals surface area contributed by atoms with Gasteiger partial charge in [-0.25, -0.2) is 4.39 Å². The van der Waals surface area contributed by atoms with Crippen molar-refractivity contribution in [1.82, 2.24) is 19.8 Å². The lowest BCUT2D eigenvalue weighted by atomic mass is 10.2. The number of nitrogens with zero attached hydrogens (tertiary/aromatic N) is 4. The molecule has 3 heterocycles. The first-order valence-corrected chi connectivity index (χ1v) is 7.43. The van der Waals surface area contributed by atoms with Crippen molar-refractivity contribution in [2.24, 2.45) is 0 Å². The van der Waals surface area contributed by atoms with Gasteiger partial charge in [0.2, 0.25) is 4.96 Å². The van der Waals surface area contributed by atoms with Crippen LogP contribution in [0.2, 0.25) is 0 Å². The van der Waals surface area contributed by atoms with E-state index in [2.05, 4.69) is 15.3 Å². The Labute approximate surface area is 123 Å². The maximum absolute atomic E-state index is 13.4. The van der Waals surface area contributed by atoms with Crippen molar-refractivity contribution in [1.29, 1.82) is 0 Å². The van der Waals surface area contributed by atoms with E-state index in [-0.39, 0.29) is 11.9 Å². The van der Waals surface area contributed by atoms with Crippen LogP contribution in [0.5, 0.6) is 0 Å². The summed E-state index contributed by atoms with van der Waals surface area (Å²) in [5.41, 5.74) is 6.96. The van der Waals surface area contributed by atoms with E-state index in [4.69, 9.17) is 10.5 Å². The molecule has 0 spiro atoms. The van der Waals surface area contributed by atoms with Crippen LogP contribution in [0.3, 0.4) is 0 Å². The van der Waals surface area contributed by atoms with E-state index in [9.17, 15) is 4.39 Å². The van der Waals surface area contributed by atoms with Gasteiger partial charge in [-0.1, -0.05) is 11.3 Å². The highest BCUT2D eigenvalue weighted by atomic mass is 32.1. The van der Waals surface area contributed by atoms with E-state index in [0.29, 0.717) is 27.0 Å². The molecular formula is C13H12FN5OS. The molecule has 6 nitrogen and oxygen atoms in total. The monoisotopic (exact) mass is 305 g/mol. The minimum absolute atomic E-state index is 0.0696. The molecule has 0 bridgehead atoms. The number of hydrogen-bond donors (Lipinski definition) is 1. The Balaban J connectivity index is 1.82. The van der Waals surface area contributed by atoms with Crippen molar-refractivity contribution in [3.05, 3.63) is 29.8 Å². The Kier molecular flexibility index (Phi) is 2.86. The fourth-order valence-electron chi connectivity index (χ4n) is 2.44. The van der Waals surface area contributed by atoms with Crippen molar-refractivity contribution >= 4 is 22.0 Å². The normalized spacial score (nSPS) is 18.6. The molecule has 0 amide bonds. The van der Waals surface area contributed by atoms with Crippen LogP contribution in [-0.2, 0) is 4.74 Å². The highest BCUT2D eigenvalue weighted by Gasteiger charge is 2.25. The third-order valence-corrected chi connectivity index (χ3v) is 4.41. The lowest BCUT2D eigenvalue weighted by Crippen LogP contribution is -2.03. The Morgan fingerprint density at radius 3 is 3.10 bits per heavy atom. The summed E-state index contributed by atoms with van der Waals surface area (Å²) in [5.74, 6) is 0.351. The predicted octanol–water partition coefficient (Wildman–Crippen LogP) is 2.43. The van der Waals surface area contributed by atoms with Gasteiger partial charge < -0.3 is 10.5 Å². The second-order valence-electron chi connectivity index (χ2n) is 4.89. The molecule has 2 aromatic heterocycles. The minimum Gasteiger partial charge on any atom is -0.398 e. The van der Waals surface area contributed by atoms with Crippen molar-refractivity contribution in [2.75, 3.05) is 12.3 Å². The number of anilines is 1. The van der Waals surface area contributed by atoms with E-state index in [1.807, 2.05) is 0 Å². The number of hydrogen-bond acceptors (Lipinski definition) is 6. The SMILES string of the molecule is Nc1ccc(F)cc1-c1nn2c(C3CCCO3)nnc2s1. The van der Waals surface area contributed by atoms with Crippen LogP contribution < -0.4 is 5.73 Å². The third kappa shape index (κ3) is 2.07. The van der Waals surface area contributed by atoms with Gasteiger partial charge in [-0.2, -0.15) is 9.61 Å². The number of nitrogens with two attached hydrogens (primary N) is 1. The van der Waals surface area contributed by atoms with Gasteiger partial charge in [-0.05, 0) is 31.0 Å². The van der Waals surface area contributed by atoms with Crippen LogP contribution in [0, 0.1) is 5.82 Å². The van der Waals surface area contributed by atoms with Gasteiger partial charge in [0.1, 0.15) is 16.9 Å². The maximum atomic E-state index is 13.4. The standard InChI is InChI=1S/C13H12FN5OS/c14-7-3-4-9(15)8(6-7)12-18-19-11(10-2-1-5-20-10)16-17-13(19)21-12/h3-4,6,10H,1-2,5,15H2. The second kappa shape index (κ2) is 4.74. The van der Waals surface area contributed by atoms with Crippen LogP contribution in [0.1, 0.15) is 24.8 Å². The number of aromatic nitrogens is 4. The third-order valence-electron chi connectivity index (χ3n) is 3.48. The molecule has 21 heavy (non-hydrogen) atoms. The first-order chi connectivity index (χ1) is 10.2. The molecule has 1 atom stereocenters. The highest BCUT2D eigenvalue weighted by molar-refractivity contribution is 7.19. The summed E-state index contributed by atoms with van der Waals surface area (Å²) in [6.07, 6.45) is 1.85. The van der Waals surface area contributed by atoms with Gasteiger partial charge >= 0.3 is 0 Å². The van der Waals surface area contributed by atoms with E-state index in [1.54, 1.807) is 4.52 Å². The molecule has 8 heteroatoms. The van der Waals surface area contributed by atoms with Crippen molar-refractivity contribution < 1.29 is 9.13 Å². The zero-order chi connectivity index (χ0) is 14.4. The first-order valence-electron chi connectivity index (χ1n) is 6.61. The van der Waals surface area contributed by atoms with E-state index < -0.39 is 0 Å². The average molecular weight is 305 g/mol. The minimum atomic E-state index is -0.343. The Morgan fingerprint density at radius 1 is 1.38 bits per heavy atom. The van der Waals surface area contributed by atoms with E-state index in [1.165, 1.54) is 29.5 Å². The molecule has 0 radical (unpaired) electrons. The summed E-state index contributed by atoms with van der Waals surface area (Å²) in [6.45, 7) is 0.730. The number of halogens is 1. The summed E-state index contributed by atoms with van der Waals surface area (Å²) < 4.78 is 20.7. The van der Waals surface area contributed by atoms with E-state index in [0.717, 1.165) is 19.4 Å².